The van der Waals surface area contributed by atoms with Gasteiger partial charge in [0, 0.05) is 36.5 Å². The monoisotopic (exact) mass is 453 g/mol. The second-order valence-electron chi connectivity index (χ2n) is 6.70. The Kier molecular flexibility index (Phi) is 5.51. The number of hydrogen-bond donors (Lipinski definition) is 1. The highest BCUT2D eigenvalue weighted by atomic mass is 32.2. The number of sulfonamides is 1. The molecule has 1 aliphatic rings. The van der Waals surface area contributed by atoms with Crippen LogP contribution in [0, 0.1) is 19.8 Å². The molecule has 0 radical (unpaired) electrons. The molecule has 12 heteroatoms. The maximum absolute atomic E-state index is 13.3. The molecule has 1 amide bonds. The lowest BCUT2D eigenvalue weighted by molar-refractivity contribution is -0.120. The van der Waals surface area contributed by atoms with E-state index in [1.807, 2.05) is 0 Å². The Morgan fingerprint density at radius 1 is 1.38 bits per heavy atom. The normalized spacial score (nSPS) is 18.1. The Hall–Kier alpha value is -2.15. The van der Waals surface area contributed by atoms with Gasteiger partial charge in [-0.1, -0.05) is 5.16 Å². The van der Waals surface area contributed by atoms with Crippen LogP contribution in [0.3, 0.4) is 0 Å². The van der Waals surface area contributed by atoms with Crippen LogP contribution in [0.5, 0.6) is 0 Å². The standard InChI is InChI=1S/C17H19N5O4S3/c1-10-14(8-13(28-10)15-19-11(2)26-21-15)29(24,25)22-6-3-4-12(9-22)16(23)20-17-18-5-7-27-17/h5,7-8,12H,3-4,6,9H2,1-2H3,(H,18,20,23). The van der Waals surface area contributed by atoms with Crippen molar-refractivity contribution in [3.8, 4) is 10.7 Å². The van der Waals surface area contributed by atoms with Crippen LogP contribution in [0.1, 0.15) is 23.6 Å². The number of thiophene rings is 1. The van der Waals surface area contributed by atoms with Crippen molar-refractivity contribution in [1.82, 2.24) is 19.4 Å². The molecule has 1 N–H and O–H groups in total. The maximum Gasteiger partial charge on any atom is 0.244 e. The van der Waals surface area contributed by atoms with Crippen molar-refractivity contribution in [3.05, 3.63) is 28.4 Å². The van der Waals surface area contributed by atoms with E-state index in [2.05, 4.69) is 20.4 Å². The fourth-order valence-electron chi connectivity index (χ4n) is 3.24. The van der Waals surface area contributed by atoms with Gasteiger partial charge in [-0.3, -0.25) is 4.79 Å². The first-order chi connectivity index (χ1) is 13.8. The lowest BCUT2D eigenvalue weighted by Crippen LogP contribution is -2.43. The number of aromatic nitrogens is 3. The van der Waals surface area contributed by atoms with Crippen molar-refractivity contribution < 1.29 is 17.7 Å². The number of nitrogens with zero attached hydrogens (tertiary/aromatic N) is 4. The fraction of sp³-hybridized carbons (Fsp3) is 0.412. The Balaban J connectivity index is 1.54. The summed E-state index contributed by atoms with van der Waals surface area (Å²) in [7, 11) is -3.74. The average molecular weight is 454 g/mol. The Bertz CT molecular complexity index is 1120. The number of piperidine rings is 1. The first-order valence-corrected chi connectivity index (χ1v) is 12.1. The molecule has 154 valence electrons. The lowest BCUT2D eigenvalue weighted by atomic mass is 9.99. The molecular weight excluding hydrogens is 434 g/mol. The number of anilines is 1. The van der Waals surface area contributed by atoms with E-state index in [9.17, 15) is 13.2 Å². The van der Waals surface area contributed by atoms with Crippen molar-refractivity contribution in [1.29, 1.82) is 0 Å². The Morgan fingerprint density at radius 3 is 2.90 bits per heavy atom. The molecular formula is C17H19N5O4S3. The molecule has 1 unspecified atom stereocenters. The van der Waals surface area contributed by atoms with E-state index >= 15 is 0 Å². The van der Waals surface area contributed by atoms with Crippen molar-refractivity contribution in [2.75, 3.05) is 18.4 Å². The minimum atomic E-state index is -3.74. The first-order valence-electron chi connectivity index (χ1n) is 8.96. The van der Waals surface area contributed by atoms with Gasteiger partial charge >= 0.3 is 0 Å². The van der Waals surface area contributed by atoms with Gasteiger partial charge in [-0.2, -0.15) is 9.29 Å². The molecule has 1 atom stereocenters. The summed E-state index contributed by atoms with van der Waals surface area (Å²) in [5.74, 6) is 0.169. The zero-order valence-electron chi connectivity index (χ0n) is 15.8. The van der Waals surface area contributed by atoms with Gasteiger partial charge < -0.3 is 9.84 Å². The predicted octanol–water partition coefficient (Wildman–Crippen LogP) is 2.91. The van der Waals surface area contributed by atoms with Crippen molar-refractivity contribution in [2.45, 2.75) is 31.6 Å². The van der Waals surface area contributed by atoms with Crippen LogP contribution in [0.4, 0.5) is 5.13 Å². The second kappa shape index (κ2) is 7.94. The molecule has 0 spiro atoms. The van der Waals surface area contributed by atoms with E-state index in [0.29, 0.717) is 46.0 Å². The van der Waals surface area contributed by atoms with Gasteiger partial charge in [0.1, 0.15) is 0 Å². The molecule has 3 aromatic rings. The summed E-state index contributed by atoms with van der Waals surface area (Å²) in [6.07, 6.45) is 2.87. The smallest absolute Gasteiger partial charge is 0.244 e. The summed E-state index contributed by atoms with van der Waals surface area (Å²) in [4.78, 5) is 22.3. The molecule has 4 rings (SSSR count). The van der Waals surface area contributed by atoms with Crippen molar-refractivity contribution >= 4 is 43.7 Å². The summed E-state index contributed by atoms with van der Waals surface area (Å²) in [5, 5.41) is 8.92. The topological polar surface area (TPSA) is 118 Å². The second-order valence-corrected chi connectivity index (χ2v) is 10.8. The molecule has 0 bridgehead atoms. The van der Waals surface area contributed by atoms with E-state index in [-0.39, 0.29) is 17.3 Å². The minimum Gasteiger partial charge on any atom is -0.339 e. The van der Waals surface area contributed by atoms with E-state index in [1.54, 1.807) is 31.5 Å². The number of nitrogens with one attached hydrogen (secondary N) is 1. The lowest BCUT2D eigenvalue weighted by Gasteiger charge is -2.31. The Labute approximate surface area is 175 Å². The van der Waals surface area contributed by atoms with Gasteiger partial charge in [-0.15, -0.1) is 22.7 Å². The molecule has 0 saturated carbocycles. The molecule has 29 heavy (non-hydrogen) atoms. The van der Waals surface area contributed by atoms with E-state index in [4.69, 9.17) is 4.52 Å². The summed E-state index contributed by atoms with van der Waals surface area (Å²) in [6.45, 7) is 3.96. The molecule has 0 aliphatic carbocycles. The zero-order valence-corrected chi connectivity index (χ0v) is 18.2. The zero-order chi connectivity index (χ0) is 20.6. The first kappa shape index (κ1) is 20.1. The van der Waals surface area contributed by atoms with Gasteiger partial charge in [0.15, 0.2) is 5.13 Å². The maximum atomic E-state index is 13.3. The summed E-state index contributed by atoms with van der Waals surface area (Å²) < 4.78 is 32.9. The number of carbonyl (C=O) groups excluding carboxylic acids is 1. The number of thiazole rings is 1. The summed E-state index contributed by atoms with van der Waals surface area (Å²) in [6, 6.07) is 1.58. The predicted molar refractivity (Wildman–Crippen MR) is 109 cm³/mol. The van der Waals surface area contributed by atoms with Crippen LogP contribution >= 0.6 is 22.7 Å². The van der Waals surface area contributed by atoms with Crippen LogP contribution in [-0.4, -0.2) is 46.8 Å². The highest BCUT2D eigenvalue weighted by molar-refractivity contribution is 7.89. The number of amides is 1. The fourth-order valence-corrected chi connectivity index (χ4v) is 6.78. The number of aryl methyl sites for hydroxylation is 2. The number of carbonyl (C=O) groups is 1. The third-order valence-corrected chi connectivity index (χ3v) is 8.51. The third-order valence-electron chi connectivity index (χ3n) is 4.66. The van der Waals surface area contributed by atoms with E-state index in [0.717, 1.165) is 0 Å². The van der Waals surface area contributed by atoms with E-state index < -0.39 is 15.9 Å². The molecule has 9 nitrogen and oxygen atoms in total. The van der Waals surface area contributed by atoms with Crippen LogP contribution in [0.2, 0.25) is 0 Å². The van der Waals surface area contributed by atoms with Gasteiger partial charge in [-0.25, -0.2) is 13.4 Å². The quantitative estimate of drug-likeness (QED) is 0.631. The highest BCUT2D eigenvalue weighted by Crippen LogP contribution is 2.35. The molecule has 1 aliphatic heterocycles. The molecule has 0 aromatic carbocycles. The van der Waals surface area contributed by atoms with Gasteiger partial charge in [-0.05, 0) is 25.8 Å². The van der Waals surface area contributed by atoms with Gasteiger partial charge in [0.2, 0.25) is 27.6 Å². The van der Waals surface area contributed by atoms with Crippen LogP contribution in [-0.2, 0) is 14.8 Å². The molecule has 3 aromatic heterocycles. The van der Waals surface area contributed by atoms with Crippen LogP contribution < -0.4 is 5.32 Å². The van der Waals surface area contributed by atoms with Crippen LogP contribution in [0.25, 0.3) is 10.7 Å². The molecule has 1 saturated heterocycles. The van der Waals surface area contributed by atoms with Crippen molar-refractivity contribution in [3.63, 3.8) is 0 Å². The van der Waals surface area contributed by atoms with Crippen LogP contribution in [0.15, 0.2) is 27.1 Å². The number of hydrogen-bond acceptors (Lipinski definition) is 9. The SMILES string of the molecule is Cc1nc(-c2cc(S(=O)(=O)N3CCCC(C(=O)Nc4nccs4)C3)c(C)s2)no1. The third kappa shape index (κ3) is 4.10. The van der Waals surface area contributed by atoms with E-state index in [1.165, 1.54) is 27.0 Å². The highest BCUT2D eigenvalue weighted by Gasteiger charge is 2.35. The average Bonchev–Trinajstić information content (AvgIpc) is 3.43. The number of rotatable bonds is 5. The minimum absolute atomic E-state index is 0.144. The van der Waals surface area contributed by atoms with Gasteiger partial charge in [0.05, 0.1) is 15.7 Å². The summed E-state index contributed by atoms with van der Waals surface area (Å²) in [5.41, 5.74) is 0. The largest absolute Gasteiger partial charge is 0.339 e. The van der Waals surface area contributed by atoms with Gasteiger partial charge in [0.25, 0.3) is 0 Å². The Morgan fingerprint density at radius 2 is 2.21 bits per heavy atom. The molecule has 1 fully saturated rings. The van der Waals surface area contributed by atoms with Crippen molar-refractivity contribution in [2.24, 2.45) is 5.92 Å². The molecule has 4 heterocycles. The summed E-state index contributed by atoms with van der Waals surface area (Å²) >= 11 is 2.63.